The average Bonchev–Trinajstić information content (AvgIpc) is 3.35. The molecule has 2 heterocycles. The molecule has 1 aromatic carbocycles. The highest BCUT2D eigenvalue weighted by molar-refractivity contribution is 6.49. The molecule has 0 N–H and O–H groups in total. The van der Waals surface area contributed by atoms with Crippen molar-refractivity contribution in [2.24, 2.45) is 17.3 Å². The lowest BCUT2D eigenvalue weighted by Crippen LogP contribution is -2.92. The minimum Gasteiger partial charge on any atom is -0.451 e. The molecule has 0 radical (unpaired) electrons. The third-order valence-corrected chi connectivity index (χ3v) is 9.26. The van der Waals surface area contributed by atoms with Gasteiger partial charge in [-0.15, -0.1) is 0 Å². The Labute approximate surface area is 169 Å². The Kier molecular flexibility index (Phi) is 2.67. The zero-order valence-electron chi connectivity index (χ0n) is 17.1. The smallest absolute Gasteiger partial charge is 0.451 e. The van der Waals surface area contributed by atoms with E-state index >= 15 is 0 Å². The summed E-state index contributed by atoms with van der Waals surface area (Å²) in [6.45, 7) is 7.92. The van der Waals surface area contributed by atoms with Crippen molar-refractivity contribution in [3.05, 3.63) is 29.1 Å². The van der Waals surface area contributed by atoms with Gasteiger partial charge in [-0.3, -0.25) is 0 Å². The van der Waals surface area contributed by atoms with Gasteiger partial charge in [-0.1, -0.05) is 13.0 Å². The molecule has 152 valence electrons. The van der Waals surface area contributed by atoms with Gasteiger partial charge in [0.1, 0.15) is 17.1 Å². The van der Waals surface area contributed by atoms with Crippen molar-refractivity contribution < 1.29 is 28.0 Å². The molecule has 0 amide bonds. The van der Waals surface area contributed by atoms with Crippen LogP contribution >= 0.6 is 0 Å². The van der Waals surface area contributed by atoms with Crippen LogP contribution in [0.2, 0.25) is 5.82 Å². The molecule has 5 fully saturated rings. The molecular formula is C22H24BFO5. The molecular weight excluding hydrogens is 374 g/mol. The molecule has 0 bridgehead atoms. The first-order chi connectivity index (χ1) is 13.6. The zero-order valence-corrected chi connectivity index (χ0v) is 17.1. The number of rotatable bonds is 2. The van der Waals surface area contributed by atoms with Gasteiger partial charge in [-0.2, -0.15) is 0 Å². The van der Waals surface area contributed by atoms with Crippen LogP contribution in [0.1, 0.15) is 68.8 Å². The molecule has 0 aromatic heterocycles. The fourth-order valence-corrected chi connectivity index (χ4v) is 7.67. The lowest BCUT2D eigenvalue weighted by atomic mass is 9.21. The summed E-state index contributed by atoms with van der Waals surface area (Å²) in [7, 11) is -0.238. The molecule has 29 heavy (non-hydrogen) atoms. The van der Waals surface area contributed by atoms with E-state index in [1.54, 1.807) is 19.9 Å². The van der Waals surface area contributed by atoms with Gasteiger partial charge in [0.15, 0.2) is 0 Å². The summed E-state index contributed by atoms with van der Waals surface area (Å²) in [5.41, 5.74) is 0.770. The lowest BCUT2D eigenvalue weighted by molar-refractivity contribution is -0.429. The fourth-order valence-electron chi connectivity index (χ4n) is 7.67. The average molecular weight is 398 g/mol. The van der Waals surface area contributed by atoms with Crippen molar-refractivity contribution >= 4 is 13.1 Å². The van der Waals surface area contributed by atoms with Crippen LogP contribution in [0, 0.1) is 23.1 Å². The van der Waals surface area contributed by atoms with Gasteiger partial charge in [-0.05, 0) is 55.6 Å². The summed E-state index contributed by atoms with van der Waals surface area (Å²) in [5, 5.41) is 0. The van der Waals surface area contributed by atoms with Gasteiger partial charge >= 0.3 is 13.1 Å². The van der Waals surface area contributed by atoms with Gasteiger partial charge in [0.05, 0.1) is 11.2 Å². The predicted molar refractivity (Wildman–Crippen MR) is 101 cm³/mol. The Morgan fingerprint density at radius 2 is 1.90 bits per heavy atom. The maximum Gasteiger partial charge on any atom is 0.461 e. The standard InChI is InChI=1S/C22H24BFO5/c1-19(2)26-17-11(5-6-14(24)16(17)18(25)27-19)12-8-13(12)23-28-21(4)15-7-10-9-22(21,29-23)20(10,15)3/h5-6,10,12-13,15H,7-9H2,1-4H3/t10?,12-,13-,15?,20?,21-,22?/m0/s1. The molecule has 5 nitrogen and oxygen atoms in total. The van der Waals surface area contributed by atoms with Crippen LogP contribution in [-0.4, -0.2) is 30.1 Å². The van der Waals surface area contributed by atoms with Crippen LogP contribution in [0.25, 0.3) is 0 Å². The van der Waals surface area contributed by atoms with Crippen LogP contribution in [0.4, 0.5) is 4.39 Å². The molecule has 7 atom stereocenters. The van der Waals surface area contributed by atoms with Crippen molar-refractivity contribution in [2.75, 3.05) is 0 Å². The summed E-state index contributed by atoms with van der Waals surface area (Å²) in [6.07, 6.45) is 3.26. The van der Waals surface area contributed by atoms with Crippen molar-refractivity contribution in [1.29, 1.82) is 0 Å². The maximum atomic E-state index is 14.4. The number of esters is 1. The fraction of sp³-hybridized carbons (Fsp3) is 0.682. The second-order valence-corrected chi connectivity index (χ2v) is 10.7. The molecule has 1 saturated heterocycles. The Balaban J connectivity index is 1.20. The quantitative estimate of drug-likeness (QED) is 0.556. The van der Waals surface area contributed by atoms with E-state index in [1.807, 2.05) is 0 Å². The van der Waals surface area contributed by atoms with Crippen molar-refractivity contribution in [3.63, 3.8) is 0 Å². The molecule has 6 aliphatic rings. The summed E-state index contributed by atoms with van der Waals surface area (Å²) in [6, 6.07) is 3.08. The number of halogens is 1. The zero-order chi connectivity index (χ0) is 20.1. The Hall–Kier alpha value is -1.60. The molecule has 4 unspecified atom stereocenters. The highest BCUT2D eigenvalue weighted by Crippen LogP contribution is 2.88. The minimum atomic E-state index is -1.11. The van der Waals surface area contributed by atoms with E-state index < -0.39 is 17.6 Å². The highest BCUT2D eigenvalue weighted by Gasteiger charge is 2.94. The number of hydrogen-bond donors (Lipinski definition) is 0. The second-order valence-electron chi connectivity index (χ2n) is 10.7. The monoisotopic (exact) mass is 398 g/mol. The molecule has 7 heteroatoms. The molecule has 2 aliphatic heterocycles. The van der Waals surface area contributed by atoms with Crippen molar-refractivity contribution in [3.8, 4) is 5.75 Å². The number of fused-ring (bicyclic) bond motifs is 2. The topological polar surface area (TPSA) is 54.0 Å². The minimum absolute atomic E-state index is 0.0984. The normalized spacial score (nSPS) is 49.4. The van der Waals surface area contributed by atoms with Crippen molar-refractivity contribution in [2.45, 2.75) is 75.7 Å². The molecule has 7 rings (SSSR count). The molecule has 1 spiro atoms. The summed E-state index contributed by atoms with van der Waals surface area (Å²) >= 11 is 0. The number of cyclic esters (lactones) is 1. The summed E-state index contributed by atoms with van der Waals surface area (Å²) in [4.78, 5) is 12.4. The van der Waals surface area contributed by atoms with Crippen LogP contribution in [0.15, 0.2) is 12.1 Å². The number of carbonyl (C=O) groups is 1. The molecule has 4 aliphatic carbocycles. The Morgan fingerprint density at radius 3 is 2.59 bits per heavy atom. The summed E-state index contributed by atoms with van der Waals surface area (Å²) in [5.74, 6) is -0.336. The van der Waals surface area contributed by atoms with E-state index in [-0.39, 0.29) is 35.6 Å². The van der Waals surface area contributed by atoms with Gasteiger partial charge in [-0.25, -0.2) is 9.18 Å². The predicted octanol–water partition coefficient (Wildman–Crippen LogP) is 4.06. The first-order valence-corrected chi connectivity index (χ1v) is 10.7. The van der Waals surface area contributed by atoms with Crippen LogP contribution < -0.4 is 4.74 Å². The molecule has 4 saturated carbocycles. The van der Waals surface area contributed by atoms with Gasteiger partial charge < -0.3 is 18.8 Å². The van der Waals surface area contributed by atoms with Gasteiger partial charge in [0, 0.05) is 25.1 Å². The van der Waals surface area contributed by atoms with Gasteiger partial charge in [0.2, 0.25) is 5.79 Å². The third kappa shape index (κ3) is 1.62. The van der Waals surface area contributed by atoms with E-state index in [9.17, 15) is 9.18 Å². The third-order valence-electron chi connectivity index (χ3n) is 9.26. The maximum absolute atomic E-state index is 14.4. The second kappa shape index (κ2) is 4.52. The van der Waals surface area contributed by atoms with Crippen LogP contribution in [0.5, 0.6) is 5.75 Å². The molecule has 1 aromatic rings. The number of ether oxygens (including phenoxy) is 2. The Morgan fingerprint density at radius 1 is 1.10 bits per heavy atom. The first-order valence-electron chi connectivity index (χ1n) is 10.7. The van der Waals surface area contributed by atoms with E-state index in [2.05, 4.69) is 13.8 Å². The van der Waals surface area contributed by atoms with Crippen LogP contribution in [-0.2, 0) is 14.0 Å². The Bertz CT molecular complexity index is 1010. The lowest BCUT2D eigenvalue weighted by Gasteiger charge is -2.87. The highest BCUT2D eigenvalue weighted by atomic mass is 19.1. The largest absolute Gasteiger partial charge is 0.461 e. The SMILES string of the molecule is CC1(C)OC(=O)c2c(F)ccc([C@@H]3C[C@@H]3B3OC45CC6CC(C64C)[C@]5(C)O3)c2O1. The number of benzene rings is 1. The van der Waals surface area contributed by atoms with Crippen LogP contribution in [0.3, 0.4) is 0 Å². The van der Waals surface area contributed by atoms with E-state index in [0.29, 0.717) is 17.1 Å². The van der Waals surface area contributed by atoms with E-state index in [0.717, 1.165) is 24.3 Å². The number of carbonyl (C=O) groups excluding carboxylic acids is 1. The van der Waals surface area contributed by atoms with E-state index in [4.69, 9.17) is 18.8 Å². The summed E-state index contributed by atoms with van der Waals surface area (Å²) < 4.78 is 38.7. The van der Waals surface area contributed by atoms with E-state index in [1.165, 1.54) is 12.5 Å². The van der Waals surface area contributed by atoms with Gasteiger partial charge in [0.25, 0.3) is 0 Å². The number of hydrogen-bond acceptors (Lipinski definition) is 5. The first kappa shape index (κ1) is 17.1. The van der Waals surface area contributed by atoms with Crippen molar-refractivity contribution in [1.82, 2.24) is 0 Å².